The molecule has 1 fully saturated rings. The van der Waals surface area contributed by atoms with Gasteiger partial charge in [-0.3, -0.25) is 0 Å². The summed E-state index contributed by atoms with van der Waals surface area (Å²) in [5, 5.41) is 0. The Bertz CT molecular complexity index is 262. The Morgan fingerprint density at radius 2 is 1.73 bits per heavy atom. The molecular weight excluding hydrogens is 184 g/mol. The number of ether oxygens (including phenoxy) is 1. The molecule has 0 spiro atoms. The maximum absolute atomic E-state index is 5.89. The van der Waals surface area contributed by atoms with Crippen LogP contribution in [0.5, 0.6) is 0 Å². The number of hydrogen-bond acceptors (Lipinski definition) is 1. The Labute approximate surface area is 92.5 Å². The highest BCUT2D eigenvalue weighted by molar-refractivity contribution is 5.14. The summed E-state index contributed by atoms with van der Waals surface area (Å²) in [6.45, 7) is 0.884. The lowest BCUT2D eigenvalue weighted by atomic mass is 9.98. The summed E-state index contributed by atoms with van der Waals surface area (Å²) >= 11 is 0. The van der Waals surface area contributed by atoms with Gasteiger partial charge in [-0.1, -0.05) is 49.6 Å². The van der Waals surface area contributed by atoms with Crippen LogP contribution in [0.25, 0.3) is 0 Å². The Kier molecular flexibility index (Phi) is 4.22. The monoisotopic (exact) mass is 204 g/mol. The van der Waals surface area contributed by atoms with E-state index >= 15 is 0 Å². The third kappa shape index (κ3) is 3.67. The van der Waals surface area contributed by atoms with E-state index in [-0.39, 0.29) is 0 Å². The van der Waals surface area contributed by atoms with Crippen molar-refractivity contribution in [3.05, 3.63) is 35.9 Å². The van der Waals surface area contributed by atoms with Crippen LogP contribution in [-0.2, 0) is 11.2 Å². The summed E-state index contributed by atoms with van der Waals surface area (Å²) in [5.41, 5.74) is 1.38. The second-order valence-corrected chi connectivity index (χ2v) is 4.37. The molecule has 1 aliphatic rings. The molecule has 1 heteroatoms. The highest BCUT2D eigenvalue weighted by atomic mass is 16.5. The van der Waals surface area contributed by atoms with E-state index in [1.807, 2.05) is 0 Å². The molecule has 1 aromatic rings. The van der Waals surface area contributed by atoms with Crippen LogP contribution in [0.1, 0.15) is 37.7 Å². The molecule has 0 aromatic heterocycles. The molecule has 0 aliphatic heterocycles. The molecule has 1 saturated carbocycles. The van der Waals surface area contributed by atoms with Crippen LogP contribution in [0.2, 0.25) is 0 Å². The van der Waals surface area contributed by atoms with Gasteiger partial charge in [-0.2, -0.15) is 0 Å². The molecule has 0 amide bonds. The van der Waals surface area contributed by atoms with E-state index in [9.17, 15) is 0 Å². The van der Waals surface area contributed by atoms with Gasteiger partial charge in [0.15, 0.2) is 0 Å². The van der Waals surface area contributed by atoms with Crippen LogP contribution >= 0.6 is 0 Å². The second kappa shape index (κ2) is 5.92. The maximum Gasteiger partial charge on any atom is 0.0575 e. The lowest BCUT2D eigenvalue weighted by molar-refractivity contribution is 0.0303. The molecule has 1 aliphatic carbocycles. The van der Waals surface area contributed by atoms with Crippen LogP contribution in [0, 0.1) is 0 Å². The van der Waals surface area contributed by atoms with Gasteiger partial charge in [0.05, 0.1) is 12.7 Å². The number of rotatable bonds is 4. The van der Waals surface area contributed by atoms with Crippen molar-refractivity contribution in [2.45, 2.75) is 44.6 Å². The first kappa shape index (κ1) is 10.7. The molecule has 0 atom stereocenters. The van der Waals surface area contributed by atoms with Crippen LogP contribution in [0.3, 0.4) is 0 Å². The molecule has 0 unspecified atom stereocenters. The summed E-state index contributed by atoms with van der Waals surface area (Å²) in [6.07, 6.45) is 8.26. The zero-order chi connectivity index (χ0) is 10.3. The van der Waals surface area contributed by atoms with Crippen molar-refractivity contribution in [3.8, 4) is 0 Å². The van der Waals surface area contributed by atoms with Crippen molar-refractivity contribution < 1.29 is 4.74 Å². The lowest BCUT2D eigenvalue weighted by Crippen LogP contribution is -2.17. The largest absolute Gasteiger partial charge is 0.378 e. The van der Waals surface area contributed by atoms with Crippen molar-refractivity contribution in [2.24, 2.45) is 0 Å². The van der Waals surface area contributed by atoms with Crippen LogP contribution in [0.4, 0.5) is 0 Å². The predicted octanol–water partition coefficient (Wildman–Crippen LogP) is 3.58. The van der Waals surface area contributed by atoms with Gasteiger partial charge in [-0.05, 0) is 24.8 Å². The molecule has 0 saturated heterocycles. The highest BCUT2D eigenvalue weighted by Gasteiger charge is 2.12. The van der Waals surface area contributed by atoms with Gasteiger partial charge in [0, 0.05) is 0 Å². The van der Waals surface area contributed by atoms with Gasteiger partial charge in [-0.25, -0.2) is 0 Å². The first-order chi connectivity index (χ1) is 7.45. The molecule has 0 bridgehead atoms. The Hall–Kier alpha value is -0.820. The summed E-state index contributed by atoms with van der Waals surface area (Å²) in [4.78, 5) is 0. The van der Waals surface area contributed by atoms with Gasteiger partial charge in [0.25, 0.3) is 0 Å². The molecule has 0 radical (unpaired) electrons. The molecule has 2 rings (SSSR count). The van der Waals surface area contributed by atoms with E-state index in [0.717, 1.165) is 13.0 Å². The second-order valence-electron chi connectivity index (χ2n) is 4.37. The SMILES string of the molecule is c1ccc(CCOC2CCCCC2)cc1. The Morgan fingerprint density at radius 1 is 1.00 bits per heavy atom. The number of benzene rings is 1. The molecule has 1 nitrogen and oxygen atoms in total. The number of hydrogen-bond donors (Lipinski definition) is 0. The van der Waals surface area contributed by atoms with Crippen molar-refractivity contribution in [3.63, 3.8) is 0 Å². The van der Waals surface area contributed by atoms with Crippen LogP contribution in [0.15, 0.2) is 30.3 Å². The van der Waals surface area contributed by atoms with Gasteiger partial charge in [0.2, 0.25) is 0 Å². The Balaban J connectivity index is 1.66. The normalized spacial score (nSPS) is 17.9. The minimum absolute atomic E-state index is 0.544. The van der Waals surface area contributed by atoms with E-state index in [4.69, 9.17) is 4.74 Å². The third-order valence-electron chi connectivity index (χ3n) is 3.14. The first-order valence-corrected chi connectivity index (χ1v) is 6.11. The molecule has 15 heavy (non-hydrogen) atoms. The van der Waals surface area contributed by atoms with Gasteiger partial charge >= 0.3 is 0 Å². The average Bonchev–Trinajstić information content (AvgIpc) is 2.32. The first-order valence-electron chi connectivity index (χ1n) is 6.11. The van der Waals surface area contributed by atoms with Gasteiger partial charge < -0.3 is 4.74 Å². The topological polar surface area (TPSA) is 9.23 Å². The summed E-state index contributed by atoms with van der Waals surface area (Å²) in [7, 11) is 0. The molecule has 0 N–H and O–H groups in total. The fourth-order valence-corrected chi connectivity index (χ4v) is 2.22. The minimum Gasteiger partial charge on any atom is -0.378 e. The van der Waals surface area contributed by atoms with E-state index < -0.39 is 0 Å². The zero-order valence-corrected chi connectivity index (χ0v) is 9.32. The standard InChI is InChI=1S/C14H20O/c1-3-7-13(8-4-1)11-12-15-14-9-5-2-6-10-14/h1,3-4,7-8,14H,2,5-6,9-12H2. The fourth-order valence-electron chi connectivity index (χ4n) is 2.22. The smallest absolute Gasteiger partial charge is 0.0575 e. The highest BCUT2D eigenvalue weighted by Crippen LogP contribution is 2.20. The quantitative estimate of drug-likeness (QED) is 0.728. The summed E-state index contributed by atoms with van der Waals surface area (Å²) in [6, 6.07) is 10.6. The summed E-state index contributed by atoms with van der Waals surface area (Å²) < 4.78 is 5.89. The van der Waals surface area contributed by atoms with Gasteiger partial charge in [0.1, 0.15) is 0 Å². The predicted molar refractivity (Wildman–Crippen MR) is 63.0 cm³/mol. The zero-order valence-electron chi connectivity index (χ0n) is 9.32. The van der Waals surface area contributed by atoms with E-state index in [1.54, 1.807) is 0 Å². The van der Waals surface area contributed by atoms with Crippen molar-refractivity contribution in [1.29, 1.82) is 0 Å². The summed E-state index contributed by atoms with van der Waals surface area (Å²) in [5.74, 6) is 0. The average molecular weight is 204 g/mol. The maximum atomic E-state index is 5.89. The van der Waals surface area contributed by atoms with E-state index in [2.05, 4.69) is 30.3 Å². The molecule has 82 valence electrons. The molecule has 0 heterocycles. The van der Waals surface area contributed by atoms with Gasteiger partial charge in [-0.15, -0.1) is 0 Å². The van der Waals surface area contributed by atoms with E-state index in [1.165, 1.54) is 37.7 Å². The molecular formula is C14H20O. The van der Waals surface area contributed by atoms with E-state index in [0.29, 0.717) is 6.10 Å². The van der Waals surface area contributed by atoms with Crippen molar-refractivity contribution in [1.82, 2.24) is 0 Å². The Morgan fingerprint density at radius 3 is 2.47 bits per heavy atom. The fraction of sp³-hybridized carbons (Fsp3) is 0.571. The molecule has 1 aromatic carbocycles. The van der Waals surface area contributed by atoms with Crippen LogP contribution < -0.4 is 0 Å². The minimum atomic E-state index is 0.544. The van der Waals surface area contributed by atoms with Crippen molar-refractivity contribution >= 4 is 0 Å². The van der Waals surface area contributed by atoms with Crippen molar-refractivity contribution in [2.75, 3.05) is 6.61 Å². The van der Waals surface area contributed by atoms with Crippen LogP contribution in [-0.4, -0.2) is 12.7 Å². The lowest BCUT2D eigenvalue weighted by Gasteiger charge is -2.21. The third-order valence-corrected chi connectivity index (χ3v) is 3.14.